The fourth-order valence-electron chi connectivity index (χ4n) is 0.627. The van der Waals surface area contributed by atoms with Crippen LogP contribution in [0.2, 0.25) is 0 Å². The van der Waals surface area contributed by atoms with Crippen LogP contribution in [-0.2, 0) is 3.74 Å². The van der Waals surface area contributed by atoms with E-state index in [1.807, 2.05) is 0 Å². The average Bonchev–Trinajstić information content (AvgIpc) is 2.08. The van der Waals surface area contributed by atoms with Gasteiger partial charge in [-0.2, -0.15) is 0 Å². The zero-order chi connectivity index (χ0) is 9.30. The van der Waals surface area contributed by atoms with Crippen molar-refractivity contribution in [3.8, 4) is 0 Å². The van der Waals surface area contributed by atoms with Crippen LogP contribution in [0.3, 0.4) is 0 Å². The Morgan fingerprint density at radius 3 is 2.33 bits per heavy atom. The first-order valence-electron chi connectivity index (χ1n) is 2.74. The zero-order valence-corrected chi connectivity index (χ0v) is 9.48. The van der Waals surface area contributed by atoms with Gasteiger partial charge in [0.1, 0.15) is 0 Å². The molecule has 0 aliphatic rings. The van der Waals surface area contributed by atoms with Gasteiger partial charge in [0, 0.05) is 0 Å². The van der Waals surface area contributed by atoms with Crippen molar-refractivity contribution in [2.45, 2.75) is 0 Å². The first-order chi connectivity index (χ1) is 5.57. The first kappa shape index (κ1) is 10.2. The molecule has 0 heterocycles. The molecule has 1 aromatic rings. The molecule has 0 aliphatic carbocycles. The summed E-state index contributed by atoms with van der Waals surface area (Å²) in [7, 11) is 0. The van der Waals surface area contributed by atoms with Gasteiger partial charge < -0.3 is 0 Å². The second-order valence-corrected chi connectivity index (χ2v) is 4.38. The molecule has 64 valence electrons. The molecule has 0 aromatic heterocycles. The van der Waals surface area contributed by atoms with Gasteiger partial charge in [0.05, 0.1) is 0 Å². The summed E-state index contributed by atoms with van der Waals surface area (Å²) in [6.07, 6.45) is 0. The van der Waals surface area contributed by atoms with Crippen LogP contribution in [0.5, 0.6) is 0 Å². The van der Waals surface area contributed by atoms with E-state index in [-0.39, 0.29) is 7.92 Å². The molecule has 0 radical (unpaired) electrons. The molecule has 0 fully saturated rings. The molecule has 12 heavy (non-hydrogen) atoms. The van der Waals surface area contributed by atoms with Gasteiger partial charge >= 0.3 is 86.6 Å². The molecular formula is C6HAsF3IO. The van der Waals surface area contributed by atoms with Crippen molar-refractivity contribution in [1.82, 2.24) is 0 Å². The van der Waals surface area contributed by atoms with Gasteiger partial charge in [-0.3, -0.25) is 0 Å². The Balaban J connectivity index is 3.49. The minimum absolute atomic E-state index is 0.0308. The van der Waals surface area contributed by atoms with E-state index in [9.17, 15) is 16.9 Å². The second-order valence-electron chi connectivity index (χ2n) is 1.91. The molecule has 0 atom stereocenters. The van der Waals surface area contributed by atoms with Crippen LogP contribution in [0.1, 0.15) is 0 Å². The maximum atomic E-state index is 12.7. The molecule has 0 spiro atoms. The Kier molecular flexibility index (Phi) is 3.28. The van der Waals surface area contributed by atoms with E-state index in [1.54, 1.807) is 0 Å². The Morgan fingerprint density at radius 2 is 1.83 bits per heavy atom. The number of rotatable bonds is 1. The van der Waals surface area contributed by atoms with E-state index in [2.05, 4.69) is 0 Å². The standard InChI is InChI=1S/C6HAsF3IO/c8-3-1-2(7-12)6(11)5(10)4(3)9/h1H. The summed E-state index contributed by atoms with van der Waals surface area (Å²) in [5, 5.41) is 0. The summed E-state index contributed by atoms with van der Waals surface area (Å²) < 4.78 is 47.9. The maximum absolute atomic E-state index is 12.7. The molecule has 1 rings (SSSR count). The van der Waals surface area contributed by atoms with E-state index in [4.69, 9.17) is 0 Å². The molecule has 0 saturated heterocycles. The zero-order valence-electron chi connectivity index (χ0n) is 5.44. The van der Waals surface area contributed by atoms with Crippen molar-refractivity contribution >= 4 is 42.6 Å². The van der Waals surface area contributed by atoms with Crippen LogP contribution in [0.15, 0.2) is 6.07 Å². The topological polar surface area (TPSA) is 17.1 Å². The molecule has 0 unspecified atom stereocenters. The fourth-order valence-corrected chi connectivity index (χ4v) is 2.25. The normalized spacial score (nSPS) is 10.7. The van der Waals surface area contributed by atoms with E-state index in [1.165, 1.54) is 22.6 Å². The van der Waals surface area contributed by atoms with E-state index < -0.39 is 33.1 Å². The van der Waals surface area contributed by atoms with Gasteiger partial charge in [-0.05, 0) is 0 Å². The predicted molar refractivity (Wildman–Crippen MR) is 45.1 cm³/mol. The quantitative estimate of drug-likeness (QED) is 0.325. The summed E-state index contributed by atoms with van der Waals surface area (Å²) in [5.41, 5.74) is 0. The predicted octanol–water partition coefficient (Wildman–Crippen LogP) is 1.38. The minimum atomic E-state index is -1.53. The molecule has 0 aliphatic heterocycles. The van der Waals surface area contributed by atoms with Crippen molar-refractivity contribution in [3.63, 3.8) is 0 Å². The van der Waals surface area contributed by atoms with Crippen molar-refractivity contribution in [3.05, 3.63) is 27.1 Å². The monoisotopic (exact) mass is 348 g/mol. The van der Waals surface area contributed by atoms with Gasteiger partial charge in [-0.15, -0.1) is 0 Å². The Labute approximate surface area is 86.4 Å². The van der Waals surface area contributed by atoms with Crippen LogP contribution < -0.4 is 4.35 Å². The van der Waals surface area contributed by atoms with Crippen molar-refractivity contribution in [1.29, 1.82) is 0 Å². The number of hydrogen-bond acceptors (Lipinski definition) is 1. The van der Waals surface area contributed by atoms with Gasteiger partial charge in [0.15, 0.2) is 0 Å². The molecule has 0 N–H and O–H groups in total. The molecule has 1 aromatic carbocycles. The van der Waals surface area contributed by atoms with E-state index >= 15 is 0 Å². The van der Waals surface area contributed by atoms with Crippen LogP contribution >= 0.6 is 22.6 Å². The molecule has 0 amide bonds. The van der Waals surface area contributed by atoms with Gasteiger partial charge in [0.25, 0.3) is 0 Å². The van der Waals surface area contributed by atoms with Crippen molar-refractivity contribution in [2.24, 2.45) is 0 Å². The molecular weight excluding hydrogens is 347 g/mol. The summed E-state index contributed by atoms with van der Waals surface area (Å²) in [6.45, 7) is 0. The summed E-state index contributed by atoms with van der Waals surface area (Å²) in [6, 6.07) is 0.757. The van der Waals surface area contributed by atoms with E-state index in [0.29, 0.717) is 0 Å². The molecule has 1 nitrogen and oxygen atoms in total. The third kappa shape index (κ3) is 1.71. The van der Waals surface area contributed by atoms with E-state index in [0.717, 1.165) is 6.07 Å². The van der Waals surface area contributed by atoms with Gasteiger partial charge in [-0.25, -0.2) is 0 Å². The Morgan fingerprint density at radius 1 is 1.25 bits per heavy atom. The van der Waals surface area contributed by atoms with Crippen LogP contribution in [0.25, 0.3) is 0 Å². The van der Waals surface area contributed by atoms with Crippen LogP contribution in [-0.4, -0.2) is 15.7 Å². The first-order valence-corrected chi connectivity index (χ1v) is 5.52. The summed E-state index contributed by atoms with van der Waals surface area (Å²) in [4.78, 5) is 0. The fraction of sp³-hybridized carbons (Fsp3) is 0. The molecule has 0 saturated carbocycles. The van der Waals surface area contributed by atoms with Crippen LogP contribution in [0, 0.1) is 21.0 Å². The summed E-state index contributed by atoms with van der Waals surface area (Å²) in [5.74, 6) is -4.08. The Hall–Kier alpha value is 0.0984. The number of benzene rings is 1. The number of hydrogen-bond donors (Lipinski definition) is 0. The second kappa shape index (κ2) is 3.87. The SMILES string of the molecule is O=[As]c1cc(F)c(F)c(F)c1I. The molecule has 0 bridgehead atoms. The third-order valence-corrected chi connectivity index (χ3v) is 4.32. The van der Waals surface area contributed by atoms with Crippen molar-refractivity contribution in [2.75, 3.05) is 0 Å². The van der Waals surface area contributed by atoms with Gasteiger partial charge in [0.2, 0.25) is 0 Å². The average molecular weight is 348 g/mol. The number of halogens is 4. The van der Waals surface area contributed by atoms with Crippen LogP contribution in [0.4, 0.5) is 13.2 Å². The van der Waals surface area contributed by atoms with Gasteiger partial charge in [-0.1, -0.05) is 0 Å². The third-order valence-electron chi connectivity index (χ3n) is 1.18. The van der Waals surface area contributed by atoms with Crippen molar-refractivity contribution < 1.29 is 16.9 Å². The summed E-state index contributed by atoms with van der Waals surface area (Å²) >= 11 is -0.0401. The Bertz CT molecular complexity index is 342. The molecule has 6 heteroatoms.